The van der Waals surface area contributed by atoms with Crippen LogP contribution in [0, 0.1) is 11.6 Å². The van der Waals surface area contributed by atoms with Crippen LogP contribution in [0.25, 0.3) is 0 Å². The normalized spacial score (nSPS) is 24.8. The highest BCUT2D eigenvalue weighted by Crippen LogP contribution is 3.02. The van der Waals surface area contributed by atoms with Gasteiger partial charge in [0.1, 0.15) is 22.1 Å². The summed E-state index contributed by atoms with van der Waals surface area (Å²) >= 11 is 0. The molecule has 2 aromatic carbocycles. The number of benzene rings is 2. The van der Waals surface area contributed by atoms with E-state index in [0.29, 0.717) is 12.1 Å². The molecule has 3 rings (SSSR count). The number of hydrogen-bond acceptors (Lipinski definition) is 3. The average molecular weight is 455 g/mol. The van der Waals surface area contributed by atoms with Crippen molar-refractivity contribution in [3.05, 3.63) is 65.2 Å². The van der Waals surface area contributed by atoms with Crippen molar-refractivity contribution in [2.75, 3.05) is 7.05 Å². The molecule has 0 unspecified atom stereocenters. The lowest BCUT2D eigenvalue weighted by Gasteiger charge is -2.42. The largest absolute Gasteiger partial charge is 0.369 e. The van der Waals surface area contributed by atoms with Gasteiger partial charge >= 0.3 is 10.2 Å². The number of aliphatic imine (C=N–C) groups is 1. The van der Waals surface area contributed by atoms with Gasteiger partial charge in [-0.1, -0.05) is 31.6 Å². The van der Waals surface area contributed by atoms with Crippen LogP contribution in [0.3, 0.4) is 0 Å². The van der Waals surface area contributed by atoms with Crippen molar-refractivity contribution in [1.29, 1.82) is 0 Å². The third-order valence-electron chi connectivity index (χ3n) is 4.96. The highest BCUT2D eigenvalue weighted by molar-refractivity contribution is 8.45. The van der Waals surface area contributed by atoms with E-state index in [9.17, 15) is 33.0 Å². The van der Waals surface area contributed by atoms with Crippen molar-refractivity contribution in [3.63, 3.8) is 0 Å². The molecule has 2 N–H and O–H groups in total. The molecule has 0 saturated heterocycles. The van der Waals surface area contributed by atoms with Crippen molar-refractivity contribution in [3.8, 4) is 0 Å². The van der Waals surface area contributed by atoms with E-state index in [2.05, 4.69) is 4.99 Å². The maximum absolute atomic E-state index is 14.5. The fourth-order valence-electron chi connectivity index (χ4n) is 3.41. The summed E-state index contributed by atoms with van der Waals surface area (Å²) in [5.74, 6) is -4.34. The van der Waals surface area contributed by atoms with E-state index in [1.165, 1.54) is 14.0 Å². The second-order valence-electron chi connectivity index (χ2n) is 7.11. The van der Waals surface area contributed by atoms with Gasteiger partial charge in [-0.05, 0) is 42.8 Å². The zero-order valence-corrected chi connectivity index (χ0v) is 16.4. The Kier molecular flexibility index (Phi) is 4.31. The van der Waals surface area contributed by atoms with E-state index in [0.717, 1.165) is 23.1 Å². The van der Waals surface area contributed by atoms with Crippen LogP contribution in [-0.4, -0.2) is 23.8 Å². The van der Waals surface area contributed by atoms with Gasteiger partial charge < -0.3 is 5.73 Å². The van der Waals surface area contributed by atoms with Crippen molar-refractivity contribution >= 4 is 22.1 Å². The molecule has 0 saturated carbocycles. The third-order valence-corrected chi connectivity index (χ3v) is 6.13. The zero-order valence-electron chi connectivity index (χ0n) is 15.6. The second-order valence-corrected chi connectivity index (χ2v) is 9.52. The fraction of sp³-hybridized carbons (Fsp3) is 0.222. The quantitative estimate of drug-likeness (QED) is 0.630. The minimum absolute atomic E-state index is 0.147. The van der Waals surface area contributed by atoms with Gasteiger partial charge in [-0.3, -0.25) is 9.69 Å². The Morgan fingerprint density at radius 2 is 1.60 bits per heavy atom. The molecular weight excluding hydrogens is 439 g/mol. The molecule has 0 spiro atoms. The first-order chi connectivity index (χ1) is 13.4. The Morgan fingerprint density at radius 3 is 2.13 bits per heavy atom. The van der Waals surface area contributed by atoms with Gasteiger partial charge in [-0.25, -0.2) is 13.8 Å². The van der Waals surface area contributed by atoms with Crippen molar-refractivity contribution in [2.45, 2.75) is 23.3 Å². The first kappa shape index (κ1) is 21.9. The predicted molar refractivity (Wildman–Crippen MR) is 98.7 cm³/mol. The zero-order chi connectivity index (χ0) is 22.8. The maximum atomic E-state index is 14.5. The van der Waals surface area contributed by atoms with Crippen molar-refractivity contribution in [2.24, 2.45) is 10.7 Å². The van der Waals surface area contributed by atoms with E-state index in [1.807, 2.05) is 0 Å². The summed E-state index contributed by atoms with van der Waals surface area (Å²) in [6.07, 6.45) is 0. The summed E-state index contributed by atoms with van der Waals surface area (Å²) in [5.41, 5.74) is 3.35. The molecule has 4 nitrogen and oxygen atoms in total. The average Bonchev–Trinajstić information content (AvgIpc) is 2.60. The molecule has 164 valence electrons. The van der Waals surface area contributed by atoms with Gasteiger partial charge in [-0.2, -0.15) is 0 Å². The van der Waals surface area contributed by atoms with Gasteiger partial charge in [0.25, 0.3) is 0 Å². The summed E-state index contributed by atoms with van der Waals surface area (Å²) in [6.45, 7) is 1.26. The first-order valence-electron chi connectivity index (χ1n) is 8.36. The number of rotatable bonds is 3. The van der Waals surface area contributed by atoms with Crippen LogP contribution < -0.4 is 5.73 Å². The molecule has 0 aromatic heterocycles. The first-order valence-corrected chi connectivity index (χ1v) is 10.3. The number of amides is 1. The lowest BCUT2D eigenvalue weighted by molar-refractivity contribution is -0.130. The highest BCUT2D eigenvalue weighted by atomic mass is 32.5. The molecule has 1 aliphatic rings. The molecule has 2 atom stereocenters. The molecule has 30 heavy (non-hydrogen) atoms. The lowest BCUT2D eigenvalue weighted by atomic mass is 9.74. The third kappa shape index (κ3) is 3.71. The molecule has 0 fully saturated rings. The minimum Gasteiger partial charge on any atom is -0.369 e. The molecule has 1 aliphatic heterocycles. The number of likely N-dealkylation sites (N-methyl/N-ethyl adjacent to an activating group) is 1. The maximum Gasteiger partial charge on any atom is 0.310 e. The van der Waals surface area contributed by atoms with Crippen molar-refractivity contribution in [1.82, 2.24) is 4.90 Å². The van der Waals surface area contributed by atoms with Crippen LogP contribution in [0.15, 0.2) is 52.4 Å². The Balaban J connectivity index is 2.23. The smallest absolute Gasteiger partial charge is 0.310 e. The number of carbonyl (C=O) groups excluding carboxylic acids is 1. The van der Waals surface area contributed by atoms with E-state index in [-0.39, 0.29) is 29.2 Å². The van der Waals surface area contributed by atoms with Gasteiger partial charge in [0.05, 0.1) is 5.92 Å². The number of carbonyl (C=O) groups is 1. The van der Waals surface area contributed by atoms with Gasteiger partial charge in [0.2, 0.25) is 5.91 Å². The molecule has 1 heterocycles. The van der Waals surface area contributed by atoms with Gasteiger partial charge in [0.15, 0.2) is 5.96 Å². The Bertz CT molecular complexity index is 1070. The Labute approximate surface area is 166 Å². The highest BCUT2D eigenvalue weighted by Gasteiger charge is 2.65. The number of guanidine groups is 1. The topological polar surface area (TPSA) is 58.7 Å². The Morgan fingerprint density at radius 1 is 1.03 bits per heavy atom. The van der Waals surface area contributed by atoms with Gasteiger partial charge in [-0.15, -0.1) is 0 Å². The number of halogens is 7. The SMILES string of the molecule is CN1C(=O)[C@H](c2ccc(S(F)(F)(F)(F)F)cc2)[C@@](C)(c2cc(F)ccc2F)N=C1N. The molecule has 0 radical (unpaired) electrons. The van der Waals surface area contributed by atoms with E-state index in [1.54, 1.807) is 0 Å². The summed E-state index contributed by atoms with van der Waals surface area (Å²) in [7, 11) is -8.70. The summed E-state index contributed by atoms with van der Waals surface area (Å²) in [4.78, 5) is 15.8. The number of nitrogens with zero attached hydrogens (tertiary/aromatic N) is 2. The van der Waals surface area contributed by atoms with Crippen LogP contribution in [0.1, 0.15) is 24.0 Å². The summed E-state index contributed by atoms with van der Waals surface area (Å²) in [6, 6.07) is 4.11. The van der Waals surface area contributed by atoms with Crippen LogP contribution in [0.5, 0.6) is 0 Å². The van der Waals surface area contributed by atoms with Gasteiger partial charge in [0, 0.05) is 12.6 Å². The molecule has 2 aromatic rings. The minimum atomic E-state index is -9.93. The molecule has 12 heteroatoms. The number of nitrogens with two attached hydrogens (primary N) is 1. The number of hydrogen-bond donors (Lipinski definition) is 1. The van der Waals surface area contributed by atoms with E-state index >= 15 is 0 Å². The second kappa shape index (κ2) is 5.90. The summed E-state index contributed by atoms with van der Waals surface area (Å²) in [5, 5.41) is 0. The lowest BCUT2D eigenvalue weighted by Crippen LogP contribution is -2.52. The Hall–Kier alpha value is -2.76. The van der Waals surface area contributed by atoms with Crippen molar-refractivity contribution < 1.29 is 33.0 Å². The molecule has 0 aliphatic carbocycles. The standard InChI is InChI=1S/C18H16F7N3OS/c1-18(13-9-11(19)5-8-14(13)20)15(16(29)28(2)17(26)27-18)10-3-6-12(7-4-10)30(21,22,23,24)25/h3-9,15H,1-2H3,(H2,26,27)/t15-,18+/m0/s1. The van der Waals surface area contributed by atoms with Crippen LogP contribution >= 0.6 is 10.2 Å². The van der Waals surface area contributed by atoms with E-state index < -0.39 is 44.1 Å². The van der Waals surface area contributed by atoms with Crippen LogP contribution in [0.2, 0.25) is 0 Å². The molecule has 1 amide bonds. The molecular formula is C18H16F7N3OS. The molecule has 0 bridgehead atoms. The van der Waals surface area contributed by atoms with Crippen LogP contribution in [0.4, 0.5) is 28.2 Å². The predicted octanol–water partition coefficient (Wildman–Crippen LogP) is 5.41. The van der Waals surface area contributed by atoms with Crippen LogP contribution in [-0.2, 0) is 10.3 Å². The summed E-state index contributed by atoms with van der Waals surface area (Å²) < 4.78 is 93.4. The fourth-order valence-corrected chi connectivity index (χ4v) is 4.06. The monoisotopic (exact) mass is 455 g/mol. The van der Waals surface area contributed by atoms with E-state index in [4.69, 9.17) is 5.73 Å².